The van der Waals surface area contributed by atoms with Crippen LogP contribution in [0, 0.1) is 10.8 Å². The summed E-state index contributed by atoms with van der Waals surface area (Å²) in [5, 5.41) is 3.35. The van der Waals surface area contributed by atoms with E-state index in [4.69, 9.17) is 4.74 Å². The van der Waals surface area contributed by atoms with E-state index in [1.807, 2.05) is 26.8 Å². The predicted octanol–water partition coefficient (Wildman–Crippen LogP) is 3.08. The van der Waals surface area contributed by atoms with Crippen molar-refractivity contribution in [2.24, 2.45) is 10.8 Å². The lowest BCUT2D eigenvalue weighted by Gasteiger charge is -2.42. The fourth-order valence-corrected chi connectivity index (χ4v) is 2.53. The second kappa shape index (κ2) is 6.38. The quantitative estimate of drug-likeness (QED) is 0.613. The average Bonchev–Trinajstić information content (AvgIpc) is 2.35. The molecule has 1 N–H and O–H groups in total. The number of nitrogens with one attached hydrogen (secondary N) is 1. The van der Waals surface area contributed by atoms with Crippen LogP contribution < -0.4 is 5.32 Å². The Morgan fingerprint density at radius 1 is 1.37 bits per heavy atom. The molecule has 0 aliphatic carbocycles. The summed E-state index contributed by atoms with van der Waals surface area (Å²) in [6.45, 7) is 15.2. The van der Waals surface area contributed by atoms with E-state index >= 15 is 0 Å². The van der Waals surface area contributed by atoms with E-state index in [0.29, 0.717) is 0 Å². The maximum atomic E-state index is 12.1. The van der Waals surface area contributed by atoms with Crippen molar-refractivity contribution < 1.29 is 9.53 Å². The molecule has 0 aromatic carbocycles. The summed E-state index contributed by atoms with van der Waals surface area (Å²) in [7, 11) is 0. The van der Waals surface area contributed by atoms with Crippen molar-refractivity contribution in [3.8, 4) is 0 Å². The van der Waals surface area contributed by atoms with E-state index in [1.54, 1.807) is 6.08 Å². The molecule has 0 bridgehead atoms. The number of hydrogen-bond acceptors (Lipinski definition) is 3. The normalized spacial score (nSPS) is 20.4. The van der Waals surface area contributed by atoms with Crippen LogP contribution in [0.25, 0.3) is 0 Å². The lowest BCUT2D eigenvalue weighted by atomic mass is 9.71. The maximum Gasteiger partial charge on any atom is 0.311 e. The van der Waals surface area contributed by atoms with Gasteiger partial charge in [0.25, 0.3) is 0 Å². The number of allylic oxidation sites excluding steroid dienone is 1. The number of carbonyl (C=O) groups excluding carboxylic acids is 1. The molecule has 3 nitrogen and oxygen atoms in total. The molecule has 19 heavy (non-hydrogen) atoms. The first-order valence-electron chi connectivity index (χ1n) is 7.01. The topological polar surface area (TPSA) is 38.3 Å². The molecule has 1 saturated heterocycles. The molecule has 0 aromatic rings. The molecule has 0 saturated carbocycles. The van der Waals surface area contributed by atoms with Crippen molar-refractivity contribution >= 4 is 5.97 Å². The Labute approximate surface area is 117 Å². The van der Waals surface area contributed by atoms with Gasteiger partial charge in [-0.3, -0.25) is 4.79 Å². The van der Waals surface area contributed by atoms with Gasteiger partial charge in [-0.15, -0.1) is 6.58 Å². The van der Waals surface area contributed by atoms with Crippen LogP contribution in [0.3, 0.4) is 0 Å². The van der Waals surface area contributed by atoms with Gasteiger partial charge in [-0.1, -0.05) is 18.7 Å². The molecule has 0 amide bonds. The first-order valence-corrected chi connectivity index (χ1v) is 7.01. The van der Waals surface area contributed by atoms with E-state index in [0.717, 1.165) is 32.4 Å². The van der Waals surface area contributed by atoms with Gasteiger partial charge >= 0.3 is 5.97 Å². The fourth-order valence-electron chi connectivity index (χ4n) is 2.53. The predicted molar refractivity (Wildman–Crippen MR) is 78.9 cm³/mol. The standard InChI is InChI=1S/C16H27NO2/c1-6-8-16(9-11-17-12-10-16)13(7-2)19-14(18)15(3,4)5/h6-7,13,17H,1-2,8-12H2,3-5H3. The summed E-state index contributed by atoms with van der Waals surface area (Å²) in [5.41, 5.74) is -0.529. The number of ether oxygens (including phenoxy) is 1. The lowest BCUT2D eigenvalue weighted by Crippen LogP contribution is -2.46. The Bertz CT molecular complexity index is 335. The van der Waals surface area contributed by atoms with Crippen LogP contribution in [0.5, 0.6) is 0 Å². The highest BCUT2D eigenvalue weighted by atomic mass is 16.5. The third-order valence-electron chi connectivity index (χ3n) is 3.81. The lowest BCUT2D eigenvalue weighted by molar-refractivity contribution is -0.163. The Morgan fingerprint density at radius 2 is 1.95 bits per heavy atom. The minimum absolute atomic E-state index is 0.0460. The summed E-state index contributed by atoms with van der Waals surface area (Å²) >= 11 is 0. The molecule has 0 aromatic heterocycles. The SMILES string of the molecule is C=CCC1(C(C=C)OC(=O)C(C)(C)C)CCNCC1. The van der Waals surface area contributed by atoms with Crippen LogP contribution in [-0.4, -0.2) is 25.2 Å². The van der Waals surface area contributed by atoms with Crippen LogP contribution >= 0.6 is 0 Å². The van der Waals surface area contributed by atoms with Gasteiger partial charge in [0, 0.05) is 5.41 Å². The maximum absolute atomic E-state index is 12.1. The van der Waals surface area contributed by atoms with Gasteiger partial charge in [0.15, 0.2) is 0 Å². The van der Waals surface area contributed by atoms with E-state index in [1.165, 1.54) is 0 Å². The number of hydrogen-bond donors (Lipinski definition) is 1. The minimum Gasteiger partial charge on any atom is -0.457 e. The molecule has 1 atom stereocenters. The minimum atomic E-state index is -0.483. The van der Waals surface area contributed by atoms with Gasteiger partial charge in [0.1, 0.15) is 6.10 Å². The molecule has 0 radical (unpaired) electrons. The largest absolute Gasteiger partial charge is 0.457 e. The Kier molecular flexibility index (Phi) is 5.36. The second-order valence-electron chi connectivity index (χ2n) is 6.42. The molecule has 1 unspecified atom stereocenters. The highest BCUT2D eigenvalue weighted by Crippen LogP contribution is 2.39. The van der Waals surface area contributed by atoms with Crippen LogP contribution in [0.4, 0.5) is 0 Å². The molecule has 1 rings (SSSR count). The molecule has 1 aliphatic heterocycles. The monoisotopic (exact) mass is 265 g/mol. The highest BCUT2D eigenvalue weighted by Gasteiger charge is 2.41. The number of piperidine rings is 1. The average molecular weight is 265 g/mol. The molecular formula is C16H27NO2. The first kappa shape index (κ1) is 16.0. The van der Waals surface area contributed by atoms with Crippen molar-refractivity contribution in [1.29, 1.82) is 0 Å². The van der Waals surface area contributed by atoms with Crippen LogP contribution in [0.1, 0.15) is 40.0 Å². The number of rotatable bonds is 5. The number of esters is 1. The molecule has 1 heterocycles. The van der Waals surface area contributed by atoms with Crippen molar-refractivity contribution in [3.05, 3.63) is 25.3 Å². The van der Waals surface area contributed by atoms with E-state index in [2.05, 4.69) is 18.5 Å². The van der Waals surface area contributed by atoms with Gasteiger partial charge in [-0.2, -0.15) is 0 Å². The zero-order chi connectivity index (χ0) is 14.5. The van der Waals surface area contributed by atoms with E-state index in [9.17, 15) is 4.79 Å². The van der Waals surface area contributed by atoms with Crippen molar-refractivity contribution in [2.45, 2.75) is 46.1 Å². The molecule has 0 spiro atoms. The van der Waals surface area contributed by atoms with Gasteiger partial charge in [0.05, 0.1) is 5.41 Å². The van der Waals surface area contributed by atoms with Crippen molar-refractivity contribution in [3.63, 3.8) is 0 Å². The Balaban J connectivity index is 2.87. The van der Waals surface area contributed by atoms with E-state index in [-0.39, 0.29) is 17.5 Å². The third-order valence-corrected chi connectivity index (χ3v) is 3.81. The second-order valence-corrected chi connectivity index (χ2v) is 6.42. The van der Waals surface area contributed by atoms with Crippen molar-refractivity contribution in [2.75, 3.05) is 13.1 Å². The Hall–Kier alpha value is -1.09. The molecule has 1 aliphatic rings. The van der Waals surface area contributed by atoms with Gasteiger partial charge in [-0.25, -0.2) is 0 Å². The third kappa shape index (κ3) is 3.93. The van der Waals surface area contributed by atoms with Crippen LogP contribution in [0.2, 0.25) is 0 Å². The van der Waals surface area contributed by atoms with Gasteiger partial charge in [0.2, 0.25) is 0 Å². The molecule has 1 fully saturated rings. The van der Waals surface area contributed by atoms with Gasteiger partial charge in [-0.05, 0) is 53.1 Å². The zero-order valence-corrected chi connectivity index (χ0v) is 12.5. The molecule has 3 heteroatoms. The summed E-state index contributed by atoms with van der Waals surface area (Å²) in [6.07, 6.45) is 6.27. The molecular weight excluding hydrogens is 238 g/mol. The molecule has 108 valence electrons. The summed E-state index contributed by atoms with van der Waals surface area (Å²) in [6, 6.07) is 0. The van der Waals surface area contributed by atoms with Gasteiger partial charge < -0.3 is 10.1 Å². The van der Waals surface area contributed by atoms with Crippen LogP contribution in [-0.2, 0) is 9.53 Å². The smallest absolute Gasteiger partial charge is 0.311 e. The fraction of sp³-hybridized carbons (Fsp3) is 0.688. The summed E-state index contributed by atoms with van der Waals surface area (Å²) in [4.78, 5) is 12.1. The summed E-state index contributed by atoms with van der Waals surface area (Å²) < 4.78 is 5.73. The number of carbonyl (C=O) groups is 1. The van der Waals surface area contributed by atoms with Crippen molar-refractivity contribution in [1.82, 2.24) is 5.32 Å². The van der Waals surface area contributed by atoms with E-state index < -0.39 is 5.41 Å². The highest BCUT2D eigenvalue weighted by molar-refractivity contribution is 5.75. The zero-order valence-electron chi connectivity index (χ0n) is 12.5. The Morgan fingerprint density at radius 3 is 2.37 bits per heavy atom. The van der Waals surface area contributed by atoms with Crippen LogP contribution in [0.15, 0.2) is 25.3 Å². The summed E-state index contributed by atoms with van der Waals surface area (Å²) in [5.74, 6) is -0.167. The first-order chi connectivity index (χ1) is 8.85.